The standard InChI is InChI=1S/C16H23NO4/c1-4-17(15(18)9-12(2)10-16(19)20)11-13-5-7-14(21-3)8-6-13/h5-8,12H,4,9-11H2,1-3H3,(H,19,20). The number of aliphatic carboxylic acids is 1. The van der Waals surface area contributed by atoms with Gasteiger partial charge in [-0.15, -0.1) is 0 Å². The summed E-state index contributed by atoms with van der Waals surface area (Å²) >= 11 is 0. The van der Waals surface area contributed by atoms with Gasteiger partial charge in [0.05, 0.1) is 7.11 Å². The molecule has 1 aromatic carbocycles. The van der Waals surface area contributed by atoms with Crippen molar-refractivity contribution in [1.29, 1.82) is 0 Å². The molecule has 1 unspecified atom stereocenters. The van der Waals surface area contributed by atoms with Crippen LogP contribution < -0.4 is 4.74 Å². The molecule has 5 nitrogen and oxygen atoms in total. The zero-order chi connectivity index (χ0) is 15.8. The first-order valence-corrected chi connectivity index (χ1v) is 7.08. The molecule has 1 aromatic rings. The van der Waals surface area contributed by atoms with Gasteiger partial charge in [-0.05, 0) is 30.5 Å². The van der Waals surface area contributed by atoms with Gasteiger partial charge in [-0.25, -0.2) is 0 Å². The predicted molar refractivity (Wildman–Crippen MR) is 80.1 cm³/mol. The number of carbonyl (C=O) groups excluding carboxylic acids is 1. The van der Waals surface area contributed by atoms with Gasteiger partial charge in [-0.1, -0.05) is 19.1 Å². The van der Waals surface area contributed by atoms with Gasteiger partial charge in [0, 0.05) is 25.9 Å². The number of carboxylic acids is 1. The van der Waals surface area contributed by atoms with Crippen molar-refractivity contribution in [1.82, 2.24) is 4.90 Å². The molecule has 0 spiro atoms. The zero-order valence-corrected chi connectivity index (χ0v) is 12.8. The lowest BCUT2D eigenvalue weighted by atomic mass is 10.0. The second-order valence-electron chi connectivity index (χ2n) is 5.16. The minimum atomic E-state index is -0.867. The molecule has 116 valence electrons. The Bertz CT molecular complexity index is 470. The highest BCUT2D eigenvalue weighted by Crippen LogP contribution is 2.15. The summed E-state index contributed by atoms with van der Waals surface area (Å²) in [6, 6.07) is 7.58. The largest absolute Gasteiger partial charge is 0.497 e. The average Bonchev–Trinajstić information content (AvgIpc) is 2.44. The van der Waals surface area contributed by atoms with E-state index in [2.05, 4.69) is 0 Å². The van der Waals surface area contributed by atoms with Crippen molar-refractivity contribution in [3.8, 4) is 5.75 Å². The molecule has 1 rings (SSSR count). The number of hydrogen-bond acceptors (Lipinski definition) is 3. The number of hydrogen-bond donors (Lipinski definition) is 1. The number of rotatable bonds is 8. The first kappa shape index (κ1) is 17.0. The maximum atomic E-state index is 12.2. The zero-order valence-electron chi connectivity index (χ0n) is 12.8. The van der Waals surface area contributed by atoms with Crippen LogP contribution in [0.2, 0.25) is 0 Å². The lowest BCUT2D eigenvalue weighted by molar-refractivity contribution is -0.138. The fourth-order valence-electron chi connectivity index (χ4n) is 2.13. The van der Waals surface area contributed by atoms with Gasteiger partial charge in [0.1, 0.15) is 5.75 Å². The maximum absolute atomic E-state index is 12.2. The van der Waals surface area contributed by atoms with Crippen molar-refractivity contribution in [3.05, 3.63) is 29.8 Å². The number of methoxy groups -OCH3 is 1. The Morgan fingerprint density at radius 1 is 1.24 bits per heavy atom. The lowest BCUT2D eigenvalue weighted by Gasteiger charge is -2.22. The van der Waals surface area contributed by atoms with Gasteiger partial charge in [-0.2, -0.15) is 0 Å². The average molecular weight is 293 g/mol. The van der Waals surface area contributed by atoms with E-state index in [-0.39, 0.29) is 24.7 Å². The van der Waals surface area contributed by atoms with Gasteiger partial charge in [-0.3, -0.25) is 9.59 Å². The number of benzene rings is 1. The fourth-order valence-corrected chi connectivity index (χ4v) is 2.13. The van der Waals surface area contributed by atoms with Gasteiger partial charge in [0.2, 0.25) is 5.91 Å². The van der Waals surface area contributed by atoms with Gasteiger partial charge in [0.15, 0.2) is 0 Å². The van der Waals surface area contributed by atoms with Crippen LogP contribution in [0.4, 0.5) is 0 Å². The van der Waals surface area contributed by atoms with Crippen LogP contribution in [0, 0.1) is 5.92 Å². The van der Waals surface area contributed by atoms with E-state index >= 15 is 0 Å². The summed E-state index contributed by atoms with van der Waals surface area (Å²) in [6.07, 6.45) is 0.280. The highest BCUT2D eigenvalue weighted by atomic mass is 16.5. The number of carbonyl (C=O) groups is 2. The molecular formula is C16H23NO4. The molecule has 21 heavy (non-hydrogen) atoms. The summed E-state index contributed by atoms with van der Waals surface area (Å²) in [7, 11) is 1.61. The molecule has 1 atom stereocenters. The summed E-state index contributed by atoms with van der Waals surface area (Å²) < 4.78 is 5.10. The second-order valence-corrected chi connectivity index (χ2v) is 5.16. The monoisotopic (exact) mass is 293 g/mol. The normalized spacial score (nSPS) is 11.8. The van der Waals surface area contributed by atoms with Crippen LogP contribution >= 0.6 is 0 Å². The first-order chi connectivity index (χ1) is 9.96. The number of amides is 1. The fraction of sp³-hybridized carbons (Fsp3) is 0.500. The summed E-state index contributed by atoms with van der Waals surface area (Å²) in [4.78, 5) is 24.6. The summed E-state index contributed by atoms with van der Waals surface area (Å²) in [5, 5.41) is 8.74. The smallest absolute Gasteiger partial charge is 0.303 e. The van der Waals surface area contributed by atoms with Gasteiger partial charge < -0.3 is 14.7 Å². The molecule has 0 radical (unpaired) electrons. The van der Waals surface area contributed by atoms with Gasteiger partial charge >= 0.3 is 5.97 Å². The summed E-state index contributed by atoms with van der Waals surface area (Å²) in [6.45, 7) is 4.83. The lowest BCUT2D eigenvalue weighted by Crippen LogP contribution is -2.31. The number of carboxylic acid groups (broad SMARTS) is 1. The third kappa shape index (κ3) is 5.85. The molecule has 5 heteroatoms. The molecule has 0 saturated carbocycles. The number of ether oxygens (including phenoxy) is 1. The molecule has 0 heterocycles. The molecule has 0 aliphatic rings. The van der Waals surface area contributed by atoms with E-state index in [1.165, 1.54) is 0 Å². The van der Waals surface area contributed by atoms with Crippen LogP contribution in [0.3, 0.4) is 0 Å². The van der Waals surface area contributed by atoms with E-state index in [1.54, 1.807) is 18.9 Å². The molecule has 1 amide bonds. The highest BCUT2D eigenvalue weighted by Gasteiger charge is 2.17. The van der Waals surface area contributed by atoms with Crippen molar-refractivity contribution in [3.63, 3.8) is 0 Å². The van der Waals surface area contributed by atoms with E-state index < -0.39 is 5.97 Å². The van der Waals surface area contributed by atoms with Crippen LogP contribution in [0.5, 0.6) is 5.75 Å². The molecule has 0 bridgehead atoms. The van der Waals surface area contributed by atoms with Crippen LogP contribution in [0.1, 0.15) is 32.3 Å². The second kappa shape index (κ2) is 8.29. The maximum Gasteiger partial charge on any atom is 0.303 e. The molecule has 1 N–H and O–H groups in total. The molecule has 0 fully saturated rings. The molecular weight excluding hydrogens is 270 g/mol. The van der Waals surface area contributed by atoms with E-state index in [9.17, 15) is 9.59 Å². The summed E-state index contributed by atoms with van der Waals surface area (Å²) in [5.41, 5.74) is 1.02. The SMILES string of the molecule is CCN(Cc1ccc(OC)cc1)C(=O)CC(C)CC(=O)O. The van der Waals surface area contributed by atoms with Crippen molar-refractivity contribution >= 4 is 11.9 Å². The van der Waals surface area contributed by atoms with Crippen LogP contribution in [-0.4, -0.2) is 35.5 Å². The molecule has 0 aliphatic carbocycles. The Hall–Kier alpha value is -2.04. The molecule has 0 aliphatic heterocycles. The third-order valence-corrected chi connectivity index (χ3v) is 3.31. The molecule has 0 aromatic heterocycles. The summed E-state index contributed by atoms with van der Waals surface area (Å²) in [5.74, 6) is -0.251. The minimum Gasteiger partial charge on any atom is -0.497 e. The Morgan fingerprint density at radius 3 is 2.33 bits per heavy atom. The van der Waals surface area contributed by atoms with Crippen molar-refractivity contribution < 1.29 is 19.4 Å². The van der Waals surface area contributed by atoms with E-state index in [1.807, 2.05) is 31.2 Å². The van der Waals surface area contributed by atoms with Crippen LogP contribution in [-0.2, 0) is 16.1 Å². The minimum absolute atomic E-state index is 0.0120. The topological polar surface area (TPSA) is 66.8 Å². The van der Waals surface area contributed by atoms with E-state index in [4.69, 9.17) is 9.84 Å². The van der Waals surface area contributed by atoms with Crippen LogP contribution in [0.25, 0.3) is 0 Å². The highest BCUT2D eigenvalue weighted by molar-refractivity contribution is 5.77. The Balaban J connectivity index is 2.60. The van der Waals surface area contributed by atoms with Crippen molar-refractivity contribution in [2.24, 2.45) is 5.92 Å². The first-order valence-electron chi connectivity index (χ1n) is 7.08. The van der Waals surface area contributed by atoms with Crippen LogP contribution in [0.15, 0.2) is 24.3 Å². The van der Waals surface area contributed by atoms with Gasteiger partial charge in [0.25, 0.3) is 0 Å². The van der Waals surface area contributed by atoms with E-state index in [0.717, 1.165) is 11.3 Å². The quantitative estimate of drug-likeness (QED) is 0.800. The van der Waals surface area contributed by atoms with Crippen molar-refractivity contribution in [2.75, 3.05) is 13.7 Å². The van der Waals surface area contributed by atoms with E-state index in [0.29, 0.717) is 13.1 Å². The predicted octanol–water partition coefficient (Wildman–Crippen LogP) is 2.54. The Kier molecular flexibility index (Phi) is 6.72. The Morgan fingerprint density at radius 2 is 1.86 bits per heavy atom. The Labute approximate surface area is 125 Å². The third-order valence-electron chi connectivity index (χ3n) is 3.31. The molecule has 0 saturated heterocycles. The van der Waals surface area contributed by atoms with Crippen molar-refractivity contribution in [2.45, 2.75) is 33.2 Å². The number of nitrogens with zero attached hydrogens (tertiary/aromatic N) is 1.